The van der Waals surface area contributed by atoms with Crippen molar-refractivity contribution >= 4 is 45.7 Å². The van der Waals surface area contributed by atoms with E-state index in [-0.39, 0.29) is 22.4 Å². The maximum atomic E-state index is 11.1. The van der Waals surface area contributed by atoms with Crippen LogP contribution in [0.3, 0.4) is 0 Å². The second kappa shape index (κ2) is 8.49. The van der Waals surface area contributed by atoms with Crippen molar-refractivity contribution in [1.82, 2.24) is 4.98 Å². The molecule has 7 nitrogen and oxygen atoms in total. The molecule has 0 spiro atoms. The zero-order valence-corrected chi connectivity index (χ0v) is 12.3. The molecular formula is C11H14ClN3O4S. The Morgan fingerprint density at radius 3 is 2.95 bits per heavy atom. The summed E-state index contributed by atoms with van der Waals surface area (Å²) in [5.74, 6) is -1.86. The van der Waals surface area contributed by atoms with Crippen LogP contribution in [-0.2, 0) is 14.4 Å². The molecule has 0 radical (unpaired) electrons. The molecule has 0 saturated carbocycles. The molecule has 2 N–H and O–H groups in total. The maximum absolute atomic E-state index is 11.1. The van der Waals surface area contributed by atoms with Gasteiger partial charge in [-0.1, -0.05) is 18.5 Å². The summed E-state index contributed by atoms with van der Waals surface area (Å²) in [5, 5.41) is 16.8. The molecule has 1 aromatic rings. The Bertz CT molecular complexity index is 504. The van der Waals surface area contributed by atoms with Crippen LogP contribution in [0.15, 0.2) is 10.5 Å². The van der Waals surface area contributed by atoms with Crippen LogP contribution in [0, 0.1) is 0 Å². The van der Waals surface area contributed by atoms with Gasteiger partial charge in [-0.15, -0.1) is 22.9 Å². The Morgan fingerprint density at radius 2 is 2.35 bits per heavy atom. The highest BCUT2D eigenvalue weighted by atomic mass is 35.5. The molecule has 1 rings (SSSR count). The van der Waals surface area contributed by atoms with E-state index in [1.54, 1.807) is 0 Å². The molecule has 1 heterocycles. The number of unbranched alkanes of at least 4 members (excludes halogenated alkanes) is 1. The number of thiazole rings is 1. The van der Waals surface area contributed by atoms with Gasteiger partial charge in [0.15, 0.2) is 5.13 Å². The Hall–Kier alpha value is -1.67. The van der Waals surface area contributed by atoms with E-state index in [1.807, 2.05) is 6.92 Å². The van der Waals surface area contributed by atoms with Gasteiger partial charge in [-0.3, -0.25) is 4.79 Å². The second-order valence-corrected chi connectivity index (χ2v) is 4.78. The first-order chi connectivity index (χ1) is 9.58. The highest BCUT2D eigenvalue weighted by Crippen LogP contribution is 2.16. The van der Waals surface area contributed by atoms with Crippen LogP contribution in [0.1, 0.15) is 25.5 Å². The van der Waals surface area contributed by atoms with Gasteiger partial charge in [0.2, 0.25) is 11.6 Å². The number of hydrogen-bond donors (Lipinski definition) is 2. The van der Waals surface area contributed by atoms with E-state index in [0.29, 0.717) is 6.61 Å². The van der Waals surface area contributed by atoms with Gasteiger partial charge in [-0.05, 0) is 6.42 Å². The molecule has 0 unspecified atom stereocenters. The third-order valence-corrected chi connectivity index (χ3v) is 3.06. The van der Waals surface area contributed by atoms with Crippen LogP contribution in [0.4, 0.5) is 5.13 Å². The maximum Gasteiger partial charge on any atom is 0.360 e. The fourth-order valence-corrected chi connectivity index (χ4v) is 1.89. The van der Waals surface area contributed by atoms with Crippen LogP contribution in [-0.4, -0.2) is 40.2 Å². The summed E-state index contributed by atoms with van der Waals surface area (Å²) < 4.78 is 0. The quantitative estimate of drug-likeness (QED) is 0.330. The van der Waals surface area contributed by atoms with Gasteiger partial charge in [0.25, 0.3) is 0 Å². The summed E-state index contributed by atoms with van der Waals surface area (Å²) in [4.78, 5) is 31.1. The van der Waals surface area contributed by atoms with E-state index in [9.17, 15) is 9.59 Å². The number of nitrogens with zero attached hydrogens (tertiary/aromatic N) is 2. The van der Waals surface area contributed by atoms with Crippen LogP contribution < -0.4 is 5.32 Å². The average molecular weight is 320 g/mol. The Labute approximate surface area is 124 Å². The minimum Gasteiger partial charge on any atom is -0.476 e. The summed E-state index contributed by atoms with van der Waals surface area (Å²) in [6.45, 7) is 2.32. The smallest absolute Gasteiger partial charge is 0.360 e. The number of halogens is 1. The first kappa shape index (κ1) is 16.4. The third-order valence-electron chi connectivity index (χ3n) is 2.06. The van der Waals surface area contributed by atoms with E-state index in [2.05, 4.69) is 15.5 Å². The zero-order chi connectivity index (χ0) is 15.0. The molecule has 0 atom stereocenters. The highest BCUT2D eigenvalue weighted by molar-refractivity contribution is 7.14. The number of nitrogens with one attached hydrogen (secondary N) is 1. The normalized spacial score (nSPS) is 11.2. The summed E-state index contributed by atoms with van der Waals surface area (Å²) in [6, 6.07) is 0. The molecule has 0 aromatic carbocycles. The van der Waals surface area contributed by atoms with Gasteiger partial charge in [0, 0.05) is 5.38 Å². The van der Waals surface area contributed by atoms with Crippen LogP contribution in [0.5, 0.6) is 0 Å². The fraction of sp³-hybridized carbons (Fsp3) is 0.455. The molecule has 0 bridgehead atoms. The van der Waals surface area contributed by atoms with Crippen LogP contribution in [0.2, 0.25) is 0 Å². The number of carboxylic acids is 1. The van der Waals surface area contributed by atoms with E-state index >= 15 is 0 Å². The predicted molar refractivity (Wildman–Crippen MR) is 76.5 cm³/mol. The number of alkyl halides is 1. The van der Waals surface area contributed by atoms with E-state index in [1.165, 1.54) is 5.38 Å². The highest BCUT2D eigenvalue weighted by Gasteiger charge is 2.18. The first-order valence-electron chi connectivity index (χ1n) is 5.83. The number of carbonyl (C=O) groups is 2. The number of aliphatic carboxylic acids is 1. The van der Waals surface area contributed by atoms with Crippen molar-refractivity contribution < 1.29 is 19.5 Å². The number of carbonyl (C=O) groups excluding carboxylic acids is 1. The molecule has 0 aliphatic rings. The molecule has 0 fully saturated rings. The van der Waals surface area contributed by atoms with Crippen molar-refractivity contribution in [3.8, 4) is 0 Å². The third kappa shape index (κ3) is 5.14. The van der Waals surface area contributed by atoms with Crippen LogP contribution in [0.25, 0.3) is 0 Å². The predicted octanol–water partition coefficient (Wildman–Crippen LogP) is 1.93. The minimum absolute atomic E-state index is 0.129. The summed E-state index contributed by atoms with van der Waals surface area (Å²) in [6.07, 6.45) is 1.70. The molecular weight excluding hydrogens is 306 g/mol. The van der Waals surface area contributed by atoms with Crippen molar-refractivity contribution in [2.75, 3.05) is 17.8 Å². The molecule has 1 amide bonds. The largest absolute Gasteiger partial charge is 0.476 e. The van der Waals surface area contributed by atoms with Crippen molar-refractivity contribution in [1.29, 1.82) is 0 Å². The number of hydrogen-bond acceptors (Lipinski definition) is 6. The van der Waals surface area contributed by atoms with Gasteiger partial charge in [0.1, 0.15) is 18.2 Å². The molecule has 1 aromatic heterocycles. The SMILES string of the molecule is CCCCO/N=C(\C(=O)O)c1csc(NC(=O)CCl)n1. The molecule has 0 aliphatic heterocycles. The lowest BCUT2D eigenvalue weighted by Crippen LogP contribution is -2.16. The number of oxime groups is 1. The van der Waals surface area contributed by atoms with Gasteiger partial charge in [-0.25, -0.2) is 9.78 Å². The number of aromatic nitrogens is 1. The van der Waals surface area contributed by atoms with Crippen molar-refractivity contribution in [2.45, 2.75) is 19.8 Å². The van der Waals surface area contributed by atoms with E-state index in [0.717, 1.165) is 24.2 Å². The molecule has 110 valence electrons. The molecule has 20 heavy (non-hydrogen) atoms. The first-order valence-corrected chi connectivity index (χ1v) is 7.24. The topological polar surface area (TPSA) is 101 Å². The van der Waals surface area contributed by atoms with Crippen molar-refractivity contribution in [3.63, 3.8) is 0 Å². The average Bonchev–Trinajstić information content (AvgIpc) is 2.86. The fourth-order valence-electron chi connectivity index (χ4n) is 1.11. The zero-order valence-electron chi connectivity index (χ0n) is 10.8. The molecule has 9 heteroatoms. The van der Waals surface area contributed by atoms with Crippen LogP contribution >= 0.6 is 22.9 Å². The lowest BCUT2D eigenvalue weighted by atomic mass is 10.3. The lowest BCUT2D eigenvalue weighted by molar-refractivity contribution is -0.129. The van der Waals surface area contributed by atoms with Crippen molar-refractivity contribution in [3.05, 3.63) is 11.1 Å². The minimum atomic E-state index is -1.25. The van der Waals surface area contributed by atoms with Crippen molar-refractivity contribution in [2.24, 2.45) is 5.16 Å². The monoisotopic (exact) mass is 319 g/mol. The van der Waals surface area contributed by atoms with Gasteiger partial charge in [0.05, 0.1) is 0 Å². The number of rotatable bonds is 8. The standard InChI is InChI=1S/C11H14ClN3O4S/c1-2-3-4-19-15-9(10(17)18)7-6-20-11(13-7)14-8(16)5-12/h6H,2-5H2,1H3,(H,17,18)(H,13,14,16)/b15-9-. The van der Waals surface area contributed by atoms with Gasteiger partial charge >= 0.3 is 5.97 Å². The lowest BCUT2D eigenvalue weighted by Gasteiger charge is -2.00. The Balaban J connectivity index is 2.77. The summed E-state index contributed by atoms with van der Waals surface area (Å²) >= 11 is 6.43. The number of carboxylic acid groups (broad SMARTS) is 1. The Kier molecular flexibility index (Phi) is 6.96. The molecule has 0 aliphatic carbocycles. The number of amides is 1. The number of anilines is 1. The van der Waals surface area contributed by atoms with E-state index in [4.69, 9.17) is 21.5 Å². The van der Waals surface area contributed by atoms with Gasteiger partial charge in [-0.2, -0.15) is 0 Å². The molecule has 0 saturated heterocycles. The second-order valence-electron chi connectivity index (χ2n) is 3.65. The Morgan fingerprint density at radius 1 is 1.60 bits per heavy atom. The van der Waals surface area contributed by atoms with E-state index < -0.39 is 11.9 Å². The van der Waals surface area contributed by atoms with Gasteiger partial charge < -0.3 is 15.3 Å². The summed E-state index contributed by atoms with van der Waals surface area (Å²) in [5.41, 5.74) is -0.174. The summed E-state index contributed by atoms with van der Waals surface area (Å²) in [7, 11) is 0.